The quantitative estimate of drug-likeness (QED) is 0.882. The molecule has 2 N–H and O–H groups in total. The molecule has 0 spiro atoms. The number of hydrogen-bond acceptors (Lipinski definition) is 3. The number of H-pyrrole nitrogens is 1. The molecule has 1 aliphatic heterocycles. The van der Waals surface area contributed by atoms with Crippen LogP contribution in [0.1, 0.15) is 30.5 Å². The van der Waals surface area contributed by atoms with E-state index in [1.54, 1.807) is 0 Å². The molecule has 2 aromatic rings. The third kappa shape index (κ3) is 2.10. The normalized spacial score (nSPS) is 16.0. The first-order valence-electron chi connectivity index (χ1n) is 7.17. The van der Waals surface area contributed by atoms with Crippen LogP contribution < -0.4 is 10.9 Å². The molecule has 0 amide bonds. The molecule has 1 aromatic heterocycles. The summed E-state index contributed by atoms with van der Waals surface area (Å²) in [6.07, 6.45) is 1.89. The largest absolute Gasteiger partial charge is 0.384 e. The van der Waals surface area contributed by atoms with Crippen molar-refractivity contribution in [3.8, 4) is 0 Å². The highest BCUT2D eigenvalue weighted by Gasteiger charge is 2.17. The van der Waals surface area contributed by atoms with Gasteiger partial charge in [0.2, 0.25) is 0 Å². The first-order chi connectivity index (χ1) is 9.58. The van der Waals surface area contributed by atoms with Gasteiger partial charge < -0.3 is 15.2 Å². The first-order valence-corrected chi connectivity index (χ1v) is 7.17. The number of hydrogen-bond donors (Lipinski definition) is 2. The van der Waals surface area contributed by atoms with Crippen LogP contribution in [0.4, 0.5) is 5.69 Å². The average molecular weight is 271 g/mol. The smallest absolute Gasteiger partial charge is 0.253 e. The molecule has 0 aliphatic carbocycles. The number of aromatic nitrogens is 1. The third-order valence-corrected chi connectivity index (χ3v) is 4.30. The van der Waals surface area contributed by atoms with Crippen LogP contribution in [0.5, 0.6) is 0 Å². The summed E-state index contributed by atoms with van der Waals surface area (Å²) in [4.78, 5) is 17.4. The van der Waals surface area contributed by atoms with Crippen LogP contribution in [0.25, 0.3) is 10.9 Å². The Hall–Kier alpha value is -1.81. The fourth-order valence-corrected chi connectivity index (χ4v) is 2.83. The Morgan fingerprint density at radius 1 is 1.30 bits per heavy atom. The van der Waals surface area contributed by atoms with E-state index in [-0.39, 0.29) is 5.56 Å². The van der Waals surface area contributed by atoms with Crippen LogP contribution in [-0.4, -0.2) is 30.5 Å². The summed E-state index contributed by atoms with van der Waals surface area (Å²) in [6, 6.07) is 6.70. The van der Waals surface area contributed by atoms with Gasteiger partial charge in [0.1, 0.15) is 0 Å². The van der Waals surface area contributed by atoms with Crippen molar-refractivity contribution in [3.05, 3.63) is 39.7 Å². The molecule has 0 bridgehead atoms. The highest BCUT2D eigenvalue weighted by atomic mass is 16.1. The number of benzene rings is 1. The molecule has 20 heavy (non-hydrogen) atoms. The van der Waals surface area contributed by atoms with Crippen molar-refractivity contribution in [3.63, 3.8) is 0 Å². The summed E-state index contributed by atoms with van der Waals surface area (Å²) in [5, 5.41) is 4.51. The van der Waals surface area contributed by atoms with Gasteiger partial charge in [-0.3, -0.25) is 4.79 Å². The summed E-state index contributed by atoms with van der Waals surface area (Å²) in [5.41, 5.74) is 4.12. The van der Waals surface area contributed by atoms with E-state index in [0.29, 0.717) is 6.04 Å². The maximum absolute atomic E-state index is 12.2. The molecule has 1 aromatic carbocycles. The molecule has 4 nitrogen and oxygen atoms in total. The van der Waals surface area contributed by atoms with Gasteiger partial charge in [0.15, 0.2) is 0 Å². The van der Waals surface area contributed by atoms with E-state index in [1.165, 1.54) is 5.56 Å². The fourth-order valence-electron chi connectivity index (χ4n) is 2.83. The third-order valence-electron chi connectivity index (χ3n) is 4.30. The van der Waals surface area contributed by atoms with E-state index in [0.717, 1.165) is 41.5 Å². The Labute approximate surface area is 118 Å². The lowest BCUT2D eigenvalue weighted by Crippen LogP contribution is -2.22. The topological polar surface area (TPSA) is 48.1 Å². The molecule has 1 unspecified atom stereocenters. The van der Waals surface area contributed by atoms with Crippen molar-refractivity contribution >= 4 is 16.6 Å². The van der Waals surface area contributed by atoms with Gasteiger partial charge >= 0.3 is 0 Å². The number of nitrogens with one attached hydrogen (secondary N) is 2. The van der Waals surface area contributed by atoms with Crippen molar-refractivity contribution in [2.45, 2.75) is 25.8 Å². The molecular weight excluding hydrogens is 250 g/mol. The van der Waals surface area contributed by atoms with E-state index in [9.17, 15) is 4.79 Å². The first kappa shape index (κ1) is 13.2. The zero-order valence-corrected chi connectivity index (χ0v) is 12.3. The van der Waals surface area contributed by atoms with Crippen LogP contribution in [0, 0.1) is 0 Å². The average Bonchev–Trinajstić information content (AvgIpc) is 2.46. The van der Waals surface area contributed by atoms with Crippen LogP contribution >= 0.6 is 0 Å². The number of aromatic amines is 1. The van der Waals surface area contributed by atoms with Gasteiger partial charge in [0.05, 0.1) is 11.2 Å². The second-order valence-corrected chi connectivity index (χ2v) is 5.78. The van der Waals surface area contributed by atoms with E-state index < -0.39 is 0 Å². The highest BCUT2D eigenvalue weighted by molar-refractivity contribution is 5.93. The Bertz CT molecular complexity index is 703. The minimum Gasteiger partial charge on any atom is -0.384 e. The van der Waals surface area contributed by atoms with Crippen molar-refractivity contribution in [2.75, 3.05) is 26.0 Å². The molecule has 0 saturated carbocycles. The van der Waals surface area contributed by atoms with Gasteiger partial charge in [-0.15, -0.1) is 0 Å². The van der Waals surface area contributed by atoms with E-state index in [4.69, 9.17) is 0 Å². The van der Waals surface area contributed by atoms with Crippen LogP contribution in [0.3, 0.4) is 0 Å². The molecule has 4 heteroatoms. The zero-order valence-electron chi connectivity index (χ0n) is 12.3. The number of anilines is 1. The number of fused-ring (bicyclic) bond motifs is 3. The van der Waals surface area contributed by atoms with E-state index in [2.05, 4.69) is 54.4 Å². The Morgan fingerprint density at radius 3 is 2.85 bits per heavy atom. The number of nitrogens with zero attached hydrogens (tertiary/aromatic N) is 1. The second kappa shape index (κ2) is 4.94. The fraction of sp³-hybridized carbons (Fsp3) is 0.438. The summed E-state index contributed by atoms with van der Waals surface area (Å²) >= 11 is 0. The van der Waals surface area contributed by atoms with Gasteiger partial charge in [0.25, 0.3) is 5.56 Å². The highest BCUT2D eigenvalue weighted by Crippen LogP contribution is 2.29. The summed E-state index contributed by atoms with van der Waals surface area (Å²) in [6.45, 7) is 3.11. The van der Waals surface area contributed by atoms with E-state index in [1.807, 2.05) is 0 Å². The predicted octanol–water partition coefficient (Wildman–Crippen LogP) is 2.51. The van der Waals surface area contributed by atoms with Gasteiger partial charge in [0, 0.05) is 23.5 Å². The van der Waals surface area contributed by atoms with Gasteiger partial charge in [-0.2, -0.15) is 0 Å². The lowest BCUT2D eigenvalue weighted by Gasteiger charge is -2.22. The summed E-state index contributed by atoms with van der Waals surface area (Å²) in [5.74, 6) is 0. The maximum Gasteiger partial charge on any atom is 0.253 e. The standard InChI is InChI=1S/C16H21N3O/c1-10(19(2)3)11-6-7-12-14(9-11)18-16(20)13-5-4-8-17-15(12)13/h6-7,9-10,17H,4-5,8H2,1-3H3,(H,18,20). The Balaban J connectivity index is 2.19. The van der Waals surface area contributed by atoms with Crippen molar-refractivity contribution in [2.24, 2.45) is 0 Å². The number of pyridine rings is 1. The van der Waals surface area contributed by atoms with Gasteiger partial charge in [-0.25, -0.2) is 0 Å². The monoisotopic (exact) mass is 271 g/mol. The molecule has 0 saturated heterocycles. The molecule has 0 fully saturated rings. The maximum atomic E-state index is 12.2. The van der Waals surface area contributed by atoms with Gasteiger partial charge in [-0.1, -0.05) is 12.1 Å². The lowest BCUT2D eigenvalue weighted by atomic mass is 9.99. The molecule has 2 heterocycles. The number of rotatable bonds is 2. The summed E-state index contributed by atoms with van der Waals surface area (Å²) < 4.78 is 0. The Kier molecular flexibility index (Phi) is 3.26. The van der Waals surface area contributed by atoms with Crippen molar-refractivity contribution in [1.29, 1.82) is 0 Å². The van der Waals surface area contributed by atoms with Crippen LogP contribution in [0.2, 0.25) is 0 Å². The lowest BCUT2D eigenvalue weighted by molar-refractivity contribution is 0.321. The van der Waals surface area contributed by atoms with Crippen LogP contribution in [-0.2, 0) is 6.42 Å². The summed E-state index contributed by atoms with van der Waals surface area (Å²) in [7, 11) is 4.12. The Morgan fingerprint density at radius 2 is 2.10 bits per heavy atom. The molecule has 106 valence electrons. The van der Waals surface area contributed by atoms with Crippen molar-refractivity contribution in [1.82, 2.24) is 9.88 Å². The second-order valence-electron chi connectivity index (χ2n) is 5.78. The minimum atomic E-state index is 0.0503. The molecule has 3 rings (SSSR count). The van der Waals surface area contributed by atoms with Crippen LogP contribution in [0.15, 0.2) is 23.0 Å². The van der Waals surface area contributed by atoms with Gasteiger partial charge in [-0.05, 0) is 45.5 Å². The molecular formula is C16H21N3O. The molecule has 1 atom stereocenters. The molecule has 0 radical (unpaired) electrons. The molecule has 1 aliphatic rings. The minimum absolute atomic E-state index is 0.0503. The predicted molar refractivity (Wildman–Crippen MR) is 83.5 cm³/mol. The van der Waals surface area contributed by atoms with Crippen molar-refractivity contribution < 1.29 is 0 Å². The SMILES string of the molecule is CC(c1ccc2c3c(c(=O)[nH]c2c1)CCCN3)N(C)C. The van der Waals surface area contributed by atoms with E-state index >= 15 is 0 Å². The zero-order chi connectivity index (χ0) is 14.3.